The van der Waals surface area contributed by atoms with Gasteiger partial charge in [0.05, 0.1) is 5.60 Å². The Labute approximate surface area is 107 Å². The highest BCUT2D eigenvalue weighted by atomic mass is 35.5. The van der Waals surface area contributed by atoms with Crippen molar-refractivity contribution >= 4 is 11.6 Å². The van der Waals surface area contributed by atoms with E-state index in [9.17, 15) is 9.50 Å². The number of hydrogen-bond donors (Lipinski definition) is 1. The topological polar surface area (TPSA) is 20.2 Å². The first-order valence-electron chi connectivity index (χ1n) is 6.19. The molecule has 1 fully saturated rings. The second kappa shape index (κ2) is 4.95. The van der Waals surface area contributed by atoms with E-state index in [1.807, 2.05) is 0 Å². The lowest BCUT2D eigenvalue weighted by molar-refractivity contribution is -0.0216. The first-order chi connectivity index (χ1) is 8.01. The maximum Gasteiger partial charge on any atom is 0.123 e. The number of rotatable bonds is 2. The van der Waals surface area contributed by atoms with Crippen LogP contribution in [0.25, 0.3) is 0 Å². The Bertz CT molecular complexity index is 397. The van der Waals surface area contributed by atoms with Gasteiger partial charge in [-0.1, -0.05) is 30.9 Å². The van der Waals surface area contributed by atoms with Crippen molar-refractivity contribution in [3.05, 3.63) is 34.6 Å². The van der Waals surface area contributed by atoms with Crippen LogP contribution in [-0.2, 0) is 5.60 Å². The molecular formula is C14H18ClFO. The Morgan fingerprint density at radius 2 is 1.94 bits per heavy atom. The number of aliphatic hydroxyl groups is 1. The number of halogens is 2. The monoisotopic (exact) mass is 256 g/mol. The van der Waals surface area contributed by atoms with E-state index in [2.05, 4.69) is 0 Å². The molecular weight excluding hydrogens is 239 g/mol. The van der Waals surface area contributed by atoms with Crippen LogP contribution in [-0.4, -0.2) is 5.11 Å². The van der Waals surface area contributed by atoms with Gasteiger partial charge < -0.3 is 5.11 Å². The number of benzene rings is 1. The predicted octanol–water partition coefficient (Wildman–Crippen LogP) is 4.27. The molecule has 0 radical (unpaired) electrons. The van der Waals surface area contributed by atoms with E-state index >= 15 is 0 Å². The second-order valence-corrected chi connectivity index (χ2v) is 5.51. The molecule has 1 nitrogen and oxygen atoms in total. The largest absolute Gasteiger partial charge is 0.385 e. The van der Waals surface area contributed by atoms with Gasteiger partial charge in [-0.05, 0) is 43.9 Å². The van der Waals surface area contributed by atoms with E-state index in [4.69, 9.17) is 11.6 Å². The fourth-order valence-corrected chi connectivity index (χ4v) is 3.08. The molecule has 0 amide bonds. The van der Waals surface area contributed by atoms with Gasteiger partial charge >= 0.3 is 0 Å². The van der Waals surface area contributed by atoms with Crippen LogP contribution < -0.4 is 0 Å². The molecule has 1 aliphatic carbocycles. The van der Waals surface area contributed by atoms with Crippen LogP contribution in [0.4, 0.5) is 4.39 Å². The average Bonchev–Trinajstić information content (AvgIpc) is 2.33. The van der Waals surface area contributed by atoms with Gasteiger partial charge in [-0.25, -0.2) is 4.39 Å². The van der Waals surface area contributed by atoms with Crippen LogP contribution in [0, 0.1) is 11.7 Å². The molecule has 3 heteroatoms. The normalized spacial score (nSPS) is 21.2. The van der Waals surface area contributed by atoms with E-state index in [-0.39, 0.29) is 11.7 Å². The smallest absolute Gasteiger partial charge is 0.123 e. The minimum Gasteiger partial charge on any atom is -0.385 e. The van der Waals surface area contributed by atoms with Crippen LogP contribution >= 0.6 is 11.6 Å². The summed E-state index contributed by atoms with van der Waals surface area (Å²) in [7, 11) is 0. The summed E-state index contributed by atoms with van der Waals surface area (Å²) >= 11 is 6.07. The molecule has 1 aliphatic rings. The maximum absolute atomic E-state index is 13.3. The molecule has 0 aliphatic heterocycles. The Kier molecular flexibility index (Phi) is 3.74. The van der Waals surface area contributed by atoms with Crippen LogP contribution in [0.2, 0.25) is 5.02 Å². The standard InChI is InChI=1S/C14H18ClFO/c1-14(17,10-5-3-2-4-6-10)12-9-11(16)7-8-13(12)15/h7-10,17H,2-6H2,1H3. The fourth-order valence-electron chi connectivity index (χ4n) is 2.77. The summed E-state index contributed by atoms with van der Waals surface area (Å²) in [4.78, 5) is 0. The molecule has 1 saturated carbocycles. The number of hydrogen-bond acceptors (Lipinski definition) is 1. The predicted molar refractivity (Wildman–Crippen MR) is 67.6 cm³/mol. The van der Waals surface area contributed by atoms with Crippen molar-refractivity contribution in [2.45, 2.75) is 44.6 Å². The quantitative estimate of drug-likeness (QED) is 0.838. The van der Waals surface area contributed by atoms with Crippen molar-refractivity contribution in [1.82, 2.24) is 0 Å². The summed E-state index contributed by atoms with van der Waals surface area (Å²) in [5.74, 6) is -0.170. The first kappa shape index (κ1) is 12.8. The summed E-state index contributed by atoms with van der Waals surface area (Å²) in [6.45, 7) is 1.75. The third-order valence-electron chi connectivity index (χ3n) is 3.87. The van der Waals surface area contributed by atoms with Crippen molar-refractivity contribution in [3.8, 4) is 0 Å². The summed E-state index contributed by atoms with van der Waals surface area (Å²) < 4.78 is 13.3. The molecule has 1 atom stereocenters. The zero-order valence-corrected chi connectivity index (χ0v) is 10.8. The molecule has 0 saturated heterocycles. The second-order valence-electron chi connectivity index (χ2n) is 5.11. The van der Waals surface area contributed by atoms with Crippen molar-refractivity contribution < 1.29 is 9.50 Å². The molecule has 17 heavy (non-hydrogen) atoms. The van der Waals surface area contributed by atoms with Crippen molar-refractivity contribution in [1.29, 1.82) is 0 Å². The van der Waals surface area contributed by atoms with E-state index in [1.54, 1.807) is 6.92 Å². The van der Waals surface area contributed by atoms with Gasteiger partial charge in [-0.15, -0.1) is 0 Å². The molecule has 1 N–H and O–H groups in total. The molecule has 1 aromatic carbocycles. The Balaban J connectivity index is 2.32. The summed E-state index contributed by atoms with van der Waals surface area (Å²) in [6.07, 6.45) is 5.46. The fraction of sp³-hybridized carbons (Fsp3) is 0.571. The van der Waals surface area contributed by atoms with Crippen molar-refractivity contribution in [2.75, 3.05) is 0 Å². The lowest BCUT2D eigenvalue weighted by atomic mass is 9.74. The zero-order valence-electron chi connectivity index (χ0n) is 10.0. The average molecular weight is 257 g/mol. The lowest BCUT2D eigenvalue weighted by Crippen LogP contribution is -2.33. The summed E-state index contributed by atoms with van der Waals surface area (Å²) in [6, 6.07) is 4.20. The Morgan fingerprint density at radius 1 is 1.29 bits per heavy atom. The van der Waals surface area contributed by atoms with Gasteiger partial charge in [-0.2, -0.15) is 0 Å². The van der Waals surface area contributed by atoms with E-state index in [0.29, 0.717) is 10.6 Å². The Morgan fingerprint density at radius 3 is 2.59 bits per heavy atom. The summed E-state index contributed by atoms with van der Waals surface area (Å²) in [5.41, 5.74) is -0.509. The van der Waals surface area contributed by atoms with Gasteiger partial charge in [0.25, 0.3) is 0 Å². The molecule has 1 aromatic rings. The van der Waals surface area contributed by atoms with Gasteiger partial charge in [0.2, 0.25) is 0 Å². The Hall–Kier alpha value is -0.600. The first-order valence-corrected chi connectivity index (χ1v) is 6.57. The molecule has 1 unspecified atom stereocenters. The molecule has 94 valence electrons. The van der Waals surface area contributed by atoms with Gasteiger partial charge in [0.1, 0.15) is 5.82 Å². The van der Waals surface area contributed by atoms with Gasteiger partial charge in [0, 0.05) is 10.6 Å². The van der Waals surface area contributed by atoms with E-state index < -0.39 is 5.60 Å². The third-order valence-corrected chi connectivity index (χ3v) is 4.20. The van der Waals surface area contributed by atoms with Crippen molar-refractivity contribution in [2.24, 2.45) is 5.92 Å². The lowest BCUT2D eigenvalue weighted by Gasteiger charge is -2.36. The van der Waals surface area contributed by atoms with Crippen LogP contribution in [0.1, 0.15) is 44.6 Å². The van der Waals surface area contributed by atoms with Gasteiger partial charge in [0.15, 0.2) is 0 Å². The zero-order chi connectivity index (χ0) is 12.5. The van der Waals surface area contributed by atoms with Crippen LogP contribution in [0.15, 0.2) is 18.2 Å². The third kappa shape index (κ3) is 2.63. The SMILES string of the molecule is CC(O)(c1cc(F)ccc1Cl)C1CCCCC1. The van der Waals surface area contributed by atoms with E-state index in [0.717, 1.165) is 25.7 Å². The molecule has 0 spiro atoms. The maximum atomic E-state index is 13.3. The molecule has 0 aromatic heterocycles. The van der Waals surface area contributed by atoms with Crippen LogP contribution in [0.5, 0.6) is 0 Å². The minimum absolute atomic E-state index is 0.176. The highest BCUT2D eigenvalue weighted by Crippen LogP contribution is 2.41. The summed E-state index contributed by atoms with van der Waals surface area (Å²) in [5, 5.41) is 11.1. The van der Waals surface area contributed by atoms with Crippen LogP contribution in [0.3, 0.4) is 0 Å². The molecule has 0 heterocycles. The molecule has 2 rings (SSSR count). The van der Waals surface area contributed by atoms with E-state index in [1.165, 1.54) is 24.6 Å². The minimum atomic E-state index is -1.03. The van der Waals surface area contributed by atoms with Gasteiger partial charge in [-0.3, -0.25) is 0 Å². The highest BCUT2D eigenvalue weighted by molar-refractivity contribution is 6.31. The highest BCUT2D eigenvalue weighted by Gasteiger charge is 2.36. The molecule has 0 bridgehead atoms. The van der Waals surface area contributed by atoms with Crippen molar-refractivity contribution in [3.63, 3.8) is 0 Å².